The summed E-state index contributed by atoms with van der Waals surface area (Å²) < 4.78 is 11.4. The van der Waals surface area contributed by atoms with E-state index < -0.39 is 0 Å². The second-order valence-corrected chi connectivity index (χ2v) is 6.94. The van der Waals surface area contributed by atoms with Gasteiger partial charge in [0.15, 0.2) is 17.5 Å². The zero-order chi connectivity index (χ0) is 21.3. The van der Waals surface area contributed by atoms with Crippen LogP contribution in [-0.2, 0) is 6.54 Å². The number of nitrogens with one attached hydrogen (secondary N) is 2. The molecule has 0 saturated heterocycles. The maximum absolute atomic E-state index is 12.4. The van der Waals surface area contributed by atoms with Crippen molar-refractivity contribution in [3.63, 3.8) is 0 Å². The van der Waals surface area contributed by atoms with Crippen molar-refractivity contribution in [1.29, 1.82) is 0 Å². The predicted molar refractivity (Wildman–Crippen MR) is 120 cm³/mol. The second kappa shape index (κ2) is 10.5. The normalized spacial score (nSPS) is 13.4. The fourth-order valence-corrected chi connectivity index (χ4v) is 3.20. The number of aliphatic imine (C=N–C) groups is 1. The number of carbonyl (C=O) groups is 1. The van der Waals surface area contributed by atoms with E-state index in [4.69, 9.17) is 9.47 Å². The maximum atomic E-state index is 12.4. The Morgan fingerprint density at radius 2 is 1.73 bits per heavy atom. The molecular weight excluding hydrogens is 380 g/mol. The molecule has 0 bridgehead atoms. The first-order valence-corrected chi connectivity index (χ1v) is 10.4. The van der Waals surface area contributed by atoms with E-state index in [1.807, 2.05) is 61.2 Å². The van der Waals surface area contributed by atoms with Crippen LogP contribution in [0.25, 0.3) is 0 Å². The number of benzene rings is 2. The molecule has 30 heavy (non-hydrogen) atoms. The summed E-state index contributed by atoms with van der Waals surface area (Å²) in [6.07, 6.45) is 0.875. The number of nitrogens with zero attached hydrogens (tertiary/aromatic N) is 2. The Bertz CT molecular complexity index is 877. The van der Waals surface area contributed by atoms with Gasteiger partial charge in [-0.1, -0.05) is 12.1 Å². The highest BCUT2D eigenvalue weighted by Gasteiger charge is 2.13. The minimum Gasteiger partial charge on any atom is -0.490 e. The molecule has 7 nitrogen and oxygen atoms in total. The van der Waals surface area contributed by atoms with Gasteiger partial charge in [0, 0.05) is 50.4 Å². The molecule has 3 rings (SSSR count). The van der Waals surface area contributed by atoms with Crippen LogP contribution >= 0.6 is 0 Å². The zero-order valence-electron chi connectivity index (χ0n) is 17.9. The van der Waals surface area contributed by atoms with Gasteiger partial charge in [-0.25, -0.2) is 0 Å². The second-order valence-electron chi connectivity index (χ2n) is 6.94. The van der Waals surface area contributed by atoms with E-state index in [0.29, 0.717) is 44.4 Å². The summed E-state index contributed by atoms with van der Waals surface area (Å²) in [5.41, 5.74) is 2.64. The largest absolute Gasteiger partial charge is 0.490 e. The molecule has 2 N–H and O–H groups in total. The molecule has 1 aliphatic rings. The third-order valence-electron chi connectivity index (χ3n) is 4.95. The van der Waals surface area contributed by atoms with E-state index in [9.17, 15) is 4.79 Å². The van der Waals surface area contributed by atoms with Crippen LogP contribution in [0.4, 0.5) is 5.69 Å². The molecular formula is C23H30N4O3. The monoisotopic (exact) mass is 410 g/mol. The van der Waals surface area contributed by atoms with E-state index in [2.05, 4.69) is 15.6 Å². The third-order valence-corrected chi connectivity index (χ3v) is 4.95. The maximum Gasteiger partial charge on any atom is 0.253 e. The van der Waals surface area contributed by atoms with Crippen molar-refractivity contribution in [3.8, 4) is 11.5 Å². The molecule has 7 heteroatoms. The van der Waals surface area contributed by atoms with Crippen LogP contribution in [0.2, 0.25) is 0 Å². The van der Waals surface area contributed by atoms with E-state index in [1.165, 1.54) is 0 Å². The molecule has 0 saturated carbocycles. The Hall–Kier alpha value is -3.22. The standard InChI is InChI=1S/C23H30N4O3/c1-4-27(5-2)22(28)18-9-7-17(8-10-18)16-25-23(24-3)26-19-11-12-20-21(15-19)30-14-6-13-29-20/h7-12,15H,4-6,13-14,16H2,1-3H3,(H2,24,25,26). The van der Waals surface area contributed by atoms with Crippen LogP contribution < -0.4 is 20.1 Å². The van der Waals surface area contributed by atoms with Crippen molar-refractivity contribution in [2.45, 2.75) is 26.8 Å². The Labute approximate surface area is 178 Å². The lowest BCUT2D eigenvalue weighted by Gasteiger charge is -2.18. The molecule has 1 amide bonds. The average Bonchev–Trinajstić information content (AvgIpc) is 3.02. The Balaban J connectivity index is 1.58. The van der Waals surface area contributed by atoms with Crippen LogP contribution in [-0.4, -0.2) is 50.1 Å². The summed E-state index contributed by atoms with van der Waals surface area (Å²) in [6, 6.07) is 13.4. The highest BCUT2D eigenvalue weighted by atomic mass is 16.5. The fourth-order valence-electron chi connectivity index (χ4n) is 3.20. The highest BCUT2D eigenvalue weighted by Crippen LogP contribution is 2.32. The van der Waals surface area contributed by atoms with E-state index >= 15 is 0 Å². The zero-order valence-corrected chi connectivity index (χ0v) is 17.9. The van der Waals surface area contributed by atoms with Gasteiger partial charge < -0.3 is 25.0 Å². The predicted octanol–water partition coefficient (Wildman–Crippen LogP) is 3.52. The molecule has 2 aromatic carbocycles. The summed E-state index contributed by atoms with van der Waals surface area (Å²) in [6.45, 7) is 7.30. The first kappa shape index (κ1) is 21.5. The molecule has 0 radical (unpaired) electrons. The van der Waals surface area contributed by atoms with Gasteiger partial charge in [-0.3, -0.25) is 9.79 Å². The number of hydrogen-bond donors (Lipinski definition) is 2. The highest BCUT2D eigenvalue weighted by molar-refractivity contribution is 5.95. The van der Waals surface area contributed by atoms with Crippen molar-refractivity contribution in [2.24, 2.45) is 4.99 Å². The Morgan fingerprint density at radius 3 is 2.40 bits per heavy atom. The molecule has 2 aromatic rings. The van der Waals surface area contributed by atoms with Crippen LogP contribution in [0.1, 0.15) is 36.2 Å². The summed E-state index contributed by atoms with van der Waals surface area (Å²) in [5.74, 6) is 2.21. The number of rotatable bonds is 6. The molecule has 0 aromatic heterocycles. The van der Waals surface area contributed by atoms with Gasteiger partial charge in [0.1, 0.15) is 0 Å². The number of amides is 1. The van der Waals surface area contributed by atoms with Gasteiger partial charge in [-0.15, -0.1) is 0 Å². The number of fused-ring (bicyclic) bond motifs is 1. The molecule has 0 aliphatic carbocycles. The summed E-state index contributed by atoms with van der Waals surface area (Å²) in [4.78, 5) is 18.5. The Kier molecular flexibility index (Phi) is 7.54. The molecule has 0 atom stereocenters. The molecule has 0 fully saturated rings. The number of hydrogen-bond acceptors (Lipinski definition) is 4. The van der Waals surface area contributed by atoms with Crippen molar-refractivity contribution in [2.75, 3.05) is 38.7 Å². The van der Waals surface area contributed by atoms with E-state index in [1.54, 1.807) is 7.05 Å². The van der Waals surface area contributed by atoms with Crippen molar-refractivity contribution < 1.29 is 14.3 Å². The van der Waals surface area contributed by atoms with Gasteiger partial charge in [0.2, 0.25) is 0 Å². The number of guanidine groups is 1. The molecule has 1 aliphatic heterocycles. The first-order chi connectivity index (χ1) is 14.6. The summed E-state index contributed by atoms with van der Waals surface area (Å²) in [7, 11) is 1.73. The lowest BCUT2D eigenvalue weighted by Crippen LogP contribution is -2.31. The minimum atomic E-state index is 0.0615. The number of ether oxygens (including phenoxy) is 2. The smallest absolute Gasteiger partial charge is 0.253 e. The van der Waals surface area contributed by atoms with Crippen LogP contribution in [0.3, 0.4) is 0 Å². The quantitative estimate of drug-likeness (QED) is 0.563. The number of anilines is 1. The van der Waals surface area contributed by atoms with Gasteiger partial charge in [0.25, 0.3) is 5.91 Å². The summed E-state index contributed by atoms with van der Waals surface area (Å²) in [5, 5.41) is 6.56. The van der Waals surface area contributed by atoms with Gasteiger partial charge >= 0.3 is 0 Å². The molecule has 0 spiro atoms. The van der Waals surface area contributed by atoms with Gasteiger partial charge in [0.05, 0.1) is 13.2 Å². The Morgan fingerprint density at radius 1 is 1.03 bits per heavy atom. The van der Waals surface area contributed by atoms with Crippen LogP contribution in [0, 0.1) is 0 Å². The minimum absolute atomic E-state index is 0.0615. The lowest BCUT2D eigenvalue weighted by molar-refractivity contribution is 0.0773. The third kappa shape index (κ3) is 5.43. The lowest BCUT2D eigenvalue weighted by atomic mass is 10.1. The number of carbonyl (C=O) groups excluding carboxylic acids is 1. The molecule has 160 valence electrons. The average molecular weight is 411 g/mol. The SMILES string of the molecule is CCN(CC)C(=O)c1ccc(CNC(=NC)Nc2ccc3c(c2)OCCCO3)cc1. The van der Waals surface area contributed by atoms with Gasteiger partial charge in [-0.2, -0.15) is 0 Å². The van der Waals surface area contributed by atoms with Crippen molar-refractivity contribution in [1.82, 2.24) is 10.2 Å². The van der Waals surface area contributed by atoms with E-state index in [-0.39, 0.29) is 5.91 Å². The van der Waals surface area contributed by atoms with E-state index in [0.717, 1.165) is 29.2 Å². The van der Waals surface area contributed by atoms with Crippen molar-refractivity contribution in [3.05, 3.63) is 53.6 Å². The van der Waals surface area contributed by atoms with Crippen LogP contribution in [0.5, 0.6) is 11.5 Å². The van der Waals surface area contributed by atoms with Crippen LogP contribution in [0.15, 0.2) is 47.5 Å². The molecule has 1 heterocycles. The topological polar surface area (TPSA) is 75.2 Å². The fraction of sp³-hybridized carbons (Fsp3) is 0.391. The van der Waals surface area contributed by atoms with Gasteiger partial charge in [-0.05, 0) is 43.7 Å². The molecule has 0 unspecified atom stereocenters. The van der Waals surface area contributed by atoms with Crippen molar-refractivity contribution >= 4 is 17.6 Å². The first-order valence-electron chi connectivity index (χ1n) is 10.4. The summed E-state index contributed by atoms with van der Waals surface area (Å²) >= 11 is 0.